The van der Waals surface area contributed by atoms with Gasteiger partial charge < -0.3 is 25.0 Å². The molecule has 1 aromatic rings. The number of anilines is 1. The van der Waals surface area contributed by atoms with E-state index in [0.717, 1.165) is 32.0 Å². The van der Waals surface area contributed by atoms with Gasteiger partial charge in [0.05, 0.1) is 19.8 Å². The van der Waals surface area contributed by atoms with Crippen LogP contribution in [0.2, 0.25) is 0 Å². The minimum absolute atomic E-state index is 0.633. The number of guanidine groups is 1. The van der Waals surface area contributed by atoms with Crippen molar-refractivity contribution in [3.8, 4) is 0 Å². The van der Waals surface area contributed by atoms with Crippen LogP contribution in [-0.4, -0.2) is 60.1 Å². The Morgan fingerprint density at radius 3 is 2.52 bits per heavy atom. The van der Waals surface area contributed by atoms with Crippen LogP contribution in [-0.2, 0) is 16.0 Å². The average molecular weight is 351 g/mol. The van der Waals surface area contributed by atoms with Crippen molar-refractivity contribution >= 4 is 11.6 Å². The Kier molecular flexibility index (Phi) is 11.5. The van der Waals surface area contributed by atoms with Crippen LogP contribution in [0.15, 0.2) is 29.3 Å². The van der Waals surface area contributed by atoms with Crippen LogP contribution in [0.5, 0.6) is 0 Å². The summed E-state index contributed by atoms with van der Waals surface area (Å²) < 4.78 is 11.0. The minimum atomic E-state index is 0.633. The van der Waals surface area contributed by atoms with Crippen molar-refractivity contribution in [3.63, 3.8) is 0 Å². The van der Waals surface area contributed by atoms with Crippen LogP contribution in [0.4, 0.5) is 5.69 Å². The third-order valence-electron chi connectivity index (χ3n) is 3.66. The number of benzene rings is 1. The molecule has 0 atom stereocenters. The van der Waals surface area contributed by atoms with Gasteiger partial charge in [0, 0.05) is 46.5 Å². The van der Waals surface area contributed by atoms with E-state index in [9.17, 15) is 0 Å². The van der Waals surface area contributed by atoms with Gasteiger partial charge in [0.2, 0.25) is 0 Å². The highest BCUT2D eigenvalue weighted by molar-refractivity contribution is 5.79. The van der Waals surface area contributed by atoms with Gasteiger partial charge in [-0.2, -0.15) is 0 Å². The number of rotatable bonds is 12. The predicted octanol–water partition coefficient (Wildman–Crippen LogP) is 2.25. The molecule has 0 spiro atoms. The largest absolute Gasteiger partial charge is 0.379 e. The second-order valence-electron chi connectivity index (χ2n) is 6.00. The van der Waals surface area contributed by atoms with Crippen LogP contribution in [0.1, 0.15) is 25.3 Å². The second-order valence-corrected chi connectivity index (χ2v) is 6.00. The molecule has 1 rings (SSSR count). The molecule has 0 heterocycles. The van der Waals surface area contributed by atoms with E-state index in [1.807, 2.05) is 14.1 Å². The number of aliphatic imine (C=N–C) groups is 1. The highest BCUT2D eigenvalue weighted by Gasteiger charge is 2.00. The topological polar surface area (TPSA) is 58.1 Å². The highest BCUT2D eigenvalue weighted by Crippen LogP contribution is 2.12. The summed E-state index contributed by atoms with van der Waals surface area (Å²) in [6, 6.07) is 8.44. The summed E-state index contributed by atoms with van der Waals surface area (Å²) in [5.41, 5.74) is 2.41. The smallest absolute Gasteiger partial charge is 0.191 e. The van der Waals surface area contributed by atoms with Crippen molar-refractivity contribution in [1.29, 1.82) is 0 Å². The van der Waals surface area contributed by atoms with Crippen molar-refractivity contribution in [2.24, 2.45) is 4.99 Å². The maximum absolute atomic E-state index is 5.54. The molecule has 0 radical (unpaired) electrons. The lowest BCUT2D eigenvalue weighted by Crippen LogP contribution is -2.38. The number of hydrogen-bond donors (Lipinski definition) is 2. The standard InChI is InChI=1S/C19H34N4O2/c1-5-6-11-24-13-14-25-12-10-21-19(20-2)22-16-17-8-7-9-18(15-17)23(3)4/h7-9,15H,5-6,10-14,16H2,1-4H3,(H2,20,21,22). The van der Waals surface area contributed by atoms with E-state index in [2.05, 4.69) is 51.7 Å². The first-order valence-electron chi connectivity index (χ1n) is 9.03. The van der Waals surface area contributed by atoms with E-state index in [1.54, 1.807) is 7.05 Å². The van der Waals surface area contributed by atoms with Gasteiger partial charge >= 0.3 is 0 Å². The lowest BCUT2D eigenvalue weighted by Gasteiger charge is -2.15. The van der Waals surface area contributed by atoms with E-state index >= 15 is 0 Å². The zero-order chi connectivity index (χ0) is 18.3. The first kappa shape index (κ1) is 21.3. The SMILES string of the molecule is CCCCOCCOCCNC(=NC)NCc1cccc(N(C)C)c1. The quantitative estimate of drug-likeness (QED) is 0.344. The number of nitrogens with one attached hydrogen (secondary N) is 2. The van der Waals surface area contributed by atoms with Gasteiger partial charge in [0.25, 0.3) is 0 Å². The molecule has 0 aromatic heterocycles. The predicted molar refractivity (Wildman–Crippen MR) is 106 cm³/mol. The molecule has 0 fully saturated rings. The molecular weight excluding hydrogens is 316 g/mol. The van der Waals surface area contributed by atoms with Crippen LogP contribution < -0.4 is 15.5 Å². The zero-order valence-electron chi connectivity index (χ0n) is 16.2. The number of hydrogen-bond acceptors (Lipinski definition) is 4. The van der Waals surface area contributed by atoms with E-state index in [4.69, 9.17) is 9.47 Å². The molecule has 6 nitrogen and oxygen atoms in total. The molecule has 0 aliphatic carbocycles. The van der Waals surface area contributed by atoms with Crippen LogP contribution in [0.3, 0.4) is 0 Å². The molecule has 25 heavy (non-hydrogen) atoms. The Labute approximate surface area is 152 Å². The van der Waals surface area contributed by atoms with E-state index in [0.29, 0.717) is 26.4 Å². The van der Waals surface area contributed by atoms with Gasteiger partial charge in [-0.25, -0.2) is 0 Å². The highest BCUT2D eigenvalue weighted by atomic mass is 16.5. The van der Waals surface area contributed by atoms with Crippen molar-refractivity contribution < 1.29 is 9.47 Å². The van der Waals surface area contributed by atoms with Gasteiger partial charge in [0.15, 0.2) is 5.96 Å². The summed E-state index contributed by atoms with van der Waals surface area (Å²) in [4.78, 5) is 6.33. The summed E-state index contributed by atoms with van der Waals surface area (Å²) >= 11 is 0. The Balaban J connectivity index is 2.15. The monoisotopic (exact) mass is 350 g/mol. The first-order valence-corrected chi connectivity index (χ1v) is 9.03. The molecule has 6 heteroatoms. The normalized spacial score (nSPS) is 11.4. The van der Waals surface area contributed by atoms with E-state index in [1.165, 1.54) is 11.3 Å². The number of ether oxygens (including phenoxy) is 2. The van der Waals surface area contributed by atoms with Gasteiger partial charge in [-0.1, -0.05) is 25.5 Å². The maximum atomic E-state index is 5.54. The first-order chi connectivity index (χ1) is 12.2. The van der Waals surface area contributed by atoms with E-state index in [-0.39, 0.29) is 0 Å². The number of unbranched alkanes of at least 4 members (excludes halogenated alkanes) is 1. The molecule has 2 N–H and O–H groups in total. The van der Waals surface area contributed by atoms with Crippen LogP contribution in [0, 0.1) is 0 Å². The Hall–Kier alpha value is -1.79. The van der Waals surface area contributed by atoms with Gasteiger partial charge in [-0.05, 0) is 24.1 Å². The summed E-state index contributed by atoms with van der Waals surface area (Å²) in [7, 11) is 5.86. The number of nitrogens with zero attached hydrogens (tertiary/aromatic N) is 2. The van der Waals surface area contributed by atoms with Crippen LogP contribution in [0.25, 0.3) is 0 Å². The van der Waals surface area contributed by atoms with Crippen molar-refractivity contribution in [2.75, 3.05) is 59.0 Å². The van der Waals surface area contributed by atoms with Gasteiger partial charge in [-0.15, -0.1) is 0 Å². The summed E-state index contributed by atoms with van der Waals surface area (Å²) in [5.74, 6) is 0.776. The van der Waals surface area contributed by atoms with Crippen molar-refractivity contribution in [1.82, 2.24) is 10.6 Å². The fourth-order valence-corrected chi connectivity index (χ4v) is 2.16. The third-order valence-corrected chi connectivity index (χ3v) is 3.66. The van der Waals surface area contributed by atoms with E-state index < -0.39 is 0 Å². The van der Waals surface area contributed by atoms with Gasteiger partial charge in [-0.3, -0.25) is 4.99 Å². The summed E-state index contributed by atoms with van der Waals surface area (Å²) in [6.07, 6.45) is 2.28. The van der Waals surface area contributed by atoms with Crippen LogP contribution >= 0.6 is 0 Å². The minimum Gasteiger partial charge on any atom is -0.379 e. The lowest BCUT2D eigenvalue weighted by atomic mass is 10.2. The molecule has 1 aromatic carbocycles. The molecule has 0 unspecified atom stereocenters. The second kappa shape index (κ2) is 13.5. The Morgan fingerprint density at radius 2 is 1.84 bits per heavy atom. The summed E-state index contributed by atoms with van der Waals surface area (Å²) in [6.45, 7) is 6.35. The molecule has 0 saturated carbocycles. The summed E-state index contributed by atoms with van der Waals surface area (Å²) in [5, 5.41) is 6.57. The Bertz CT molecular complexity index is 492. The molecule has 0 aliphatic rings. The fourth-order valence-electron chi connectivity index (χ4n) is 2.16. The Morgan fingerprint density at radius 1 is 1.08 bits per heavy atom. The molecule has 142 valence electrons. The molecule has 0 saturated heterocycles. The lowest BCUT2D eigenvalue weighted by molar-refractivity contribution is 0.0487. The molecule has 0 aliphatic heterocycles. The van der Waals surface area contributed by atoms with Gasteiger partial charge in [0.1, 0.15) is 0 Å². The zero-order valence-corrected chi connectivity index (χ0v) is 16.2. The van der Waals surface area contributed by atoms with Crippen molar-refractivity contribution in [3.05, 3.63) is 29.8 Å². The van der Waals surface area contributed by atoms with Crippen molar-refractivity contribution in [2.45, 2.75) is 26.3 Å². The molecular formula is C19H34N4O2. The fraction of sp³-hybridized carbons (Fsp3) is 0.632. The average Bonchev–Trinajstić information content (AvgIpc) is 2.63. The molecule has 0 bridgehead atoms. The molecule has 0 amide bonds. The maximum Gasteiger partial charge on any atom is 0.191 e. The third kappa shape index (κ3) is 9.94.